The van der Waals surface area contributed by atoms with E-state index in [1.54, 1.807) is 13.0 Å². The SMILES string of the molecule is CCOC(=O)CCc1ccc2c(c1)CC(c1cccc(C(F)(F)F)c1)O2. The van der Waals surface area contributed by atoms with Gasteiger partial charge in [0.2, 0.25) is 0 Å². The summed E-state index contributed by atoms with van der Waals surface area (Å²) in [5, 5.41) is 0. The van der Waals surface area contributed by atoms with Crippen molar-refractivity contribution in [3.05, 3.63) is 64.7 Å². The van der Waals surface area contributed by atoms with E-state index in [1.165, 1.54) is 6.07 Å². The van der Waals surface area contributed by atoms with Crippen molar-refractivity contribution in [1.82, 2.24) is 0 Å². The number of ether oxygens (including phenoxy) is 2. The Morgan fingerprint density at radius 2 is 2.04 bits per heavy atom. The molecule has 0 spiro atoms. The lowest BCUT2D eigenvalue weighted by Gasteiger charge is -2.13. The Morgan fingerprint density at radius 1 is 1.23 bits per heavy atom. The third-order valence-electron chi connectivity index (χ3n) is 4.31. The van der Waals surface area contributed by atoms with Gasteiger partial charge in [-0.3, -0.25) is 4.79 Å². The van der Waals surface area contributed by atoms with E-state index in [-0.39, 0.29) is 5.97 Å². The van der Waals surface area contributed by atoms with Gasteiger partial charge in [-0.15, -0.1) is 0 Å². The smallest absolute Gasteiger partial charge is 0.416 e. The van der Waals surface area contributed by atoms with E-state index in [0.717, 1.165) is 23.3 Å². The fraction of sp³-hybridized carbons (Fsp3) is 0.350. The van der Waals surface area contributed by atoms with Crippen LogP contribution in [0.4, 0.5) is 13.2 Å². The molecule has 26 heavy (non-hydrogen) atoms. The van der Waals surface area contributed by atoms with Crippen molar-refractivity contribution in [3.8, 4) is 5.75 Å². The van der Waals surface area contributed by atoms with Crippen molar-refractivity contribution in [1.29, 1.82) is 0 Å². The average molecular weight is 364 g/mol. The summed E-state index contributed by atoms with van der Waals surface area (Å²) in [5.41, 5.74) is 1.74. The fourth-order valence-corrected chi connectivity index (χ4v) is 3.04. The number of alkyl halides is 3. The molecule has 0 fully saturated rings. The average Bonchev–Trinajstić information content (AvgIpc) is 3.03. The summed E-state index contributed by atoms with van der Waals surface area (Å²) >= 11 is 0. The van der Waals surface area contributed by atoms with Gasteiger partial charge in [0.25, 0.3) is 0 Å². The molecule has 1 aliphatic rings. The number of hydrogen-bond donors (Lipinski definition) is 0. The highest BCUT2D eigenvalue weighted by Gasteiger charge is 2.32. The number of carbonyl (C=O) groups is 1. The van der Waals surface area contributed by atoms with Crippen LogP contribution >= 0.6 is 0 Å². The van der Waals surface area contributed by atoms with E-state index in [4.69, 9.17) is 9.47 Å². The fourth-order valence-electron chi connectivity index (χ4n) is 3.04. The van der Waals surface area contributed by atoms with Crippen LogP contribution < -0.4 is 4.74 Å². The zero-order valence-corrected chi connectivity index (χ0v) is 14.3. The van der Waals surface area contributed by atoms with Gasteiger partial charge in [0, 0.05) is 12.8 Å². The quantitative estimate of drug-likeness (QED) is 0.710. The Kier molecular flexibility index (Phi) is 5.20. The van der Waals surface area contributed by atoms with Gasteiger partial charge in [0.15, 0.2) is 0 Å². The first-order valence-corrected chi connectivity index (χ1v) is 8.48. The minimum absolute atomic E-state index is 0.244. The molecule has 6 heteroatoms. The van der Waals surface area contributed by atoms with Crippen LogP contribution in [-0.4, -0.2) is 12.6 Å². The number of hydrogen-bond acceptors (Lipinski definition) is 3. The molecule has 0 N–H and O–H groups in total. The number of benzene rings is 2. The maximum Gasteiger partial charge on any atom is 0.416 e. The van der Waals surface area contributed by atoms with Crippen molar-refractivity contribution >= 4 is 5.97 Å². The molecule has 2 aromatic carbocycles. The van der Waals surface area contributed by atoms with Crippen LogP contribution in [0, 0.1) is 0 Å². The first-order chi connectivity index (χ1) is 12.4. The van der Waals surface area contributed by atoms with E-state index < -0.39 is 17.8 Å². The molecule has 1 heterocycles. The Balaban J connectivity index is 1.70. The van der Waals surface area contributed by atoms with Crippen LogP contribution in [0.2, 0.25) is 0 Å². The molecule has 0 radical (unpaired) electrons. The van der Waals surface area contributed by atoms with E-state index in [0.29, 0.717) is 37.2 Å². The largest absolute Gasteiger partial charge is 0.485 e. The van der Waals surface area contributed by atoms with Crippen molar-refractivity contribution in [2.24, 2.45) is 0 Å². The lowest BCUT2D eigenvalue weighted by Crippen LogP contribution is -2.08. The third-order valence-corrected chi connectivity index (χ3v) is 4.31. The molecule has 0 saturated heterocycles. The van der Waals surface area contributed by atoms with Crippen LogP contribution in [0.1, 0.15) is 41.7 Å². The lowest BCUT2D eigenvalue weighted by atomic mass is 9.99. The molecule has 1 atom stereocenters. The molecule has 1 unspecified atom stereocenters. The molecule has 0 bridgehead atoms. The topological polar surface area (TPSA) is 35.5 Å². The molecule has 3 nitrogen and oxygen atoms in total. The van der Waals surface area contributed by atoms with E-state index >= 15 is 0 Å². The molecular weight excluding hydrogens is 345 g/mol. The second kappa shape index (κ2) is 7.40. The normalized spacial score (nSPS) is 16.1. The first kappa shape index (κ1) is 18.3. The van der Waals surface area contributed by atoms with Gasteiger partial charge in [-0.1, -0.05) is 24.3 Å². The second-order valence-corrected chi connectivity index (χ2v) is 6.18. The lowest BCUT2D eigenvalue weighted by molar-refractivity contribution is -0.143. The number of fused-ring (bicyclic) bond motifs is 1. The highest BCUT2D eigenvalue weighted by atomic mass is 19.4. The van der Waals surface area contributed by atoms with Crippen LogP contribution in [0.25, 0.3) is 0 Å². The summed E-state index contributed by atoms with van der Waals surface area (Å²) in [5.74, 6) is 0.429. The van der Waals surface area contributed by atoms with Gasteiger partial charge in [0.1, 0.15) is 11.9 Å². The molecule has 3 rings (SSSR count). The summed E-state index contributed by atoms with van der Waals surface area (Å²) in [6.07, 6.45) is -3.45. The number of carbonyl (C=O) groups excluding carboxylic acids is 1. The maximum absolute atomic E-state index is 12.9. The van der Waals surface area contributed by atoms with Crippen molar-refractivity contribution < 1.29 is 27.4 Å². The highest BCUT2D eigenvalue weighted by molar-refractivity contribution is 5.69. The minimum atomic E-state index is -4.37. The number of aryl methyl sites for hydroxylation is 1. The molecule has 0 saturated carbocycles. The summed E-state index contributed by atoms with van der Waals surface area (Å²) in [6, 6.07) is 10.9. The van der Waals surface area contributed by atoms with Gasteiger partial charge in [-0.05, 0) is 48.2 Å². The predicted molar refractivity (Wildman–Crippen MR) is 89.9 cm³/mol. The highest BCUT2D eigenvalue weighted by Crippen LogP contribution is 2.39. The van der Waals surface area contributed by atoms with E-state index in [9.17, 15) is 18.0 Å². The van der Waals surface area contributed by atoms with Gasteiger partial charge in [0.05, 0.1) is 12.2 Å². The van der Waals surface area contributed by atoms with Gasteiger partial charge >= 0.3 is 12.1 Å². The standard InChI is InChI=1S/C20H19F3O3/c1-2-25-19(24)9-7-13-6-8-17-15(10-13)12-18(26-17)14-4-3-5-16(11-14)20(21,22)23/h3-6,8,10-11,18H,2,7,9,12H2,1H3. The van der Waals surface area contributed by atoms with Crippen LogP contribution in [-0.2, 0) is 28.5 Å². The molecule has 0 aliphatic carbocycles. The maximum atomic E-state index is 12.9. The van der Waals surface area contributed by atoms with Crippen molar-refractivity contribution in [2.45, 2.75) is 38.5 Å². The number of esters is 1. The molecular formula is C20H19F3O3. The predicted octanol–water partition coefficient (Wildman–Crippen LogP) is 4.88. The van der Waals surface area contributed by atoms with Crippen LogP contribution in [0.15, 0.2) is 42.5 Å². The zero-order chi connectivity index (χ0) is 18.7. The molecule has 0 aromatic heterocycles. The van der Waals surface area contributed by atoms with Gasteiger partial charge < -0.3 is 9.47 Å². The second-order valence-electron chi connectivity index (χ2n) is 6.18. The summed E-state index contributed by atoms with van der Waals surface area (Å²) in [7, 11) is 0. The van der Waals surface area contributed by atoms with Crippen molar-refractivity contribution in [3.63, 3.8) is 0 Å². The Labute approximate surface area is 149 Å². The third kappa shape index (κ3) is 4.18. The molecule has 1 aliphatic heterocycles. The first-order valence-electron chi connectivity index (χ1n) is 8.48. The van der Waals surface area contributed by atoms with Crippen LogP contribution in [0.5, 0.6) is 5.75 Å². The monoisotopic (exact) mass is 364 g/mol. The van der Waals surface area contributed by atoms with Gasteiger partial charge in [-0.25, -0.2) is 0 Å². The van der Waals surface area contributed by atoms with Gasteiger partial charge in [-0.2, -0.15) is 13.2 Å². The summed E-state index contributed by atoms with van der Waals surface area (Å²) in [4.78, 5) is 11.5. The molecule has 138 valence electrons. The summed E-state index contributed by atoms with van der Waals surface area (Å²) in [6.45, 7) is 2.12. The van der Waals surface area contributed by atoms with Crippen molar-refractivity contribution in [2.75, 3.05) is 6.61 Å². The minimum Gasteiger partial charge on any atom is -0.485 e. The summed E-state index contributed by atoms with van der Waals surface area (Å²) < 4.78 is 49.4. The van der Waals surface area contributed by atoms with E-state index in [2.05, 4.69) is 0 Å². The zero-order valence-electron chi connectivity index (χ0n) is 14.3. The number of halogens is 3. The Bertz CT molecular complexity index is 799. The molecule has 0 amide bonds. The Hall–Kier alpha value is -2.50. The number of rotatable bonds is 5. The molecule has 2 aromatic rings. The Morgan fingerprint density at radius 3 is 2.77 bits per heavy atom. The van der Waals surface area contributed by atoms with E-state index in [1.807, 2.05) is 18.2 Å². The van der Waals surface area contributed by atoms with Crippen LogP contribution in [0.3, 0.4) is 0 Å².